The molecule has 0 radical (unpaired) electrons. The number of ether oxygens (including phenoxy) is 1. The van der Waals surface area contributed by atoms with E-state index in [2.05, 4.69) is 0 Å². The molecule has 0 unspecified atom stereocenters. The molecule has 0 aliphatic heterocycles. The average molecular weight is 232 g/mol. The first-order valence-electron chi connectivity index (χ1n) is 5.68. The Morgan fingerprint density at radius 3 is 2.65 bits per heavy atom. The van der Waals surface area contributed by atoms with Crippen molar-refractivity contribution in [2.45, 2.75) is 12.8 Å². The SMILES string of the molecule is COc1cc(-c2ccccc2)oc1CCCO. The Labute approximate surface area is 101 Å². The third kappa shape index (κ3) is 2.68. The van der Waals surface area contributed by atoms with Gasteiger partial charge in [-0.25, -0.2) is 0 Å². The van der Waals surface area contributed by atoms with Crippen molar-refractivity contribution < 1.29 is 14.3 Å². The second-order valence-corrected chi connectivity index (χ2v) is 3.80. The zero-order valence-corrected chi connectivity index (χ0v) is 9.85. The molecule has 0 atom stereocenters. The summed E-state index contributed by atoms with van der Waals surface area (Å²) < 4.78 is 11.0. The molecule has 0 saturated carbocycles. The van der Waals surface area contributed by atoms with Crippen LogP contribution in [0.4, 0.5) is 0 Å². The monoisotopic (exact) mass is 232 g/mol. The smallest absolute Gasteiger partial charge is 0.160 e. The van der Waals surface area contributed by atoms with Crippen molar-refractivity contribution in [1.29, 1.82) is 0 Å². The molecule has 90 valence electrons. The van der Waals surface area contributed by atoms with Gasteiger partial charge in [0.2, 0.25) is 0 Å². The molecule has 3 nitrogen and oxygen atoms in total. The van der Waals surface area contributed by atoms with Crippen LogP contribution in [-0.4, -0.2) is 18.8 Å². The number of benzene rings is 1. The molecule has 1 aromatic carbocycles. The number of aliphatic hydroxyl groups excluding tert-OH is 1. The fourth-order valence-corrected chi connectivity index (χ4v) is 1.74. The first-order valence-corrected chi connectivity index (χ1v) is 5.68. The maximum atomic E-state index is 8.83. The van der Waals surface area contributed by atoms with Gasteiger partial charge in [-0.1, -0.05) is 30.3 Å². The number of methoxy groups -OCH3 is 1. The number of hydrogen-bond acceptors (Lipinski definition) is 3. The highest BCUT2D eigenvalue weighted by molar-refractivity contribution is 5.60. The van der Waals surface area contributed by atoms with Crippen LogP contribution in [-0.2, 0) is 6.42 Å². The van der Waals surface area contributed by atoms with E-state index in [1.165, 1.54) is 0 Å². The quantitative estimate of drug-likeness (QED) is 0.862. The molecule has 1 N–H and O–H groups in total. The summed E-state index contributed by atoms with van der Waals surface area (Å²) in [5.41, 5.74) is 1.03. The van der Waals surface area contributed by atoms with Crippen molar-refractivity contribution in [2.24, 2.45) is 0 Å². The second-order valence-electron chi connectivity index (χ2n) is 3.80. The van der Waals surface area contributed by atoms with Crippen molar-refractivity contribution in [3.05, 3.63) is 42.2 Å². The minimum Gasteiger partial charge on any atom is -0.493 e. The predicted octanol–water partition coefficient (Wildman–Crippen LogP) is 2.88. The molecular weight excluding hydrogens is 216 g/mol. The number of aryl methyl sites for hydroxylation is 1. The van der Waals surface area contributed by atoms with Gasteiger partial charge in [0.15, 0.2) is 5.75 Å². The summed E-state index contributed by atoms with van der Waals surface area (Å²) in [4.78, 5) is 0. The van der Waals surface area contributed by atoms with E-state index in [0.717, 1.165) is 22.8 Å². The second kappa shape index (κ2) is 5.55. The summed E-state index contributed by atoms with van der Waals surface area (Å²) in [6, 6.07) is 11.8. The predicted molar refractivity (Wildman–Crippen MR) is 66.1 cm³/mol. The number of furan rings is 1. The lowest BCUT2D eigenvalue weighted by Gasteiger charge is -1.98. The van der Waals surface area contributed by atoms with Gasteiger partial charge in [0.1, 0.15) is 11.5 Å². The van der Waals surface area contributed by atoms with Gasteiger partial charge in [0, 0.05) is 24.7 Å². The third-order valence-corrected chi connectivity index (χ3v) is 2.61. The van der Waals surface area contributed by atoms with Crippen LogP contribution in [0.2, 0.25) is 0 Å². The molecule has 0 spiro atoms. The Bertz CT molecular complexity index is 460. The summed E-state index contributed by atoms with van der Waals surface area (Å²) in [7, 11) is 1.63. The fraction of sp³-hybridized carbons (Fsp3) is 0.286. The maximum Gasteiger partial charge on any atom is 0.160 e. The lowest BCUT2D eigenvalue weighted by Crippen LogP contribution is -1.90. The molecule has 2 rings (SSSR count). The van der Waals surface area contributed by atoms with Crippen LogP contribution < -0.4 is 4.74 Å². The van der Waals surface area contributed by atoms with Crippen LogP contribution in [0.15, 0.2) is 40.8 Å². The van der Waals surface area contributed by atoms with Gasteiger partial charge in [-0.3, -0.25) is 0 Å². The van der Waals surface area contributed by atoms with Gasteiger partial charge >= 0.3 is 0 Å². The van der Waals surface area contributed by atoms with Crippen LogP contribution in [0.5, 0.6) is 5.75 Å². The van der Waals surface area contributed by atoms with Gasteiger partial charge < -0.3 is 14.3 Å². The van der Waals surface area contributed by atoms with Crippen molar-refractivity contribution in [3.8, 4) is 17.1 Å². The standard InChI is InChI=1S/C14H16O3/c1-16-14-10-13(11-6-3-2-4-7-11)17-12(14)8-5-9-15/h2-4,6-7,10,15H,5,8-9H2,1H3. The Hall–Kier alpha value is -1.74. The van der Waals surface area contributed by atoms with Crippen LogP contribution in [0.3, 0.4) is 0 Å². The van der Waals surface area contributed by atoms with Crippen LogP contribution in [0.1, 0.15) is 12.2 Å². The van der Waals surface area contributed by atoms with E-state index in [0.29, 0.717) is 12.8 Å². The van der Waals surface area contributed by atoms with E-state index in [1.54, 1.807) is 7.11 Å². The summed E-state index contributed by atoms with van der Waals surface area (Å²) in [6.45, 7) is 0.157. The van der Waals surface area contributed by atoms with Crippen LogP contribution in [0.25, 0.3) is 11.3 Å². The molecule has 1 aromatic heterocycles. The van der Waals surface area contributed by atoms with E-state index in [9.17, 15) is 0 Å². The largest absolute Gasteiger partial charge is 0.493 e. The highest BCUT2D eigenvalue weighted by atomic mass is 16.5. The van der Waals surface area contributed by atoms with Crippen LogP contribution in [0, 0.1) is 0 Å². The zero-order valence-electron chi connectivity index (χ0n) is 9.85. The summed E-state index contributed by atoms with van der Waals surface area (Å²) in [6.07, 6.45) is 1.37. The van der Waals surface area contributed by atoms with Crippen molar-refractivity contribution in [1.82, 2.24) is 0 Å². The van der Waals surface area contributed by atoms with Gasteiger partial charge in [-0.2, -0.15) is 0 Å². The molecular formula is C14H16O3. The van der Waals surface area contributed by atoms with E-state index in [1.807, 2.05) is 36.4 Å². The minimum atomic E-state index is 0.157. The topological polar surface area (TPSA) is 42.6 Å². The number of aliphatic hydroxyl groups is 1. The van der Waals surface area contributed by atoms with E-state index in [4.69, 9.17) is 14.3 Å². The van der Waals surface area contributed by atoms with Gasteiger partial charge in [0.05, 0.1) is 7.11 Å². The highest BCUT2D eigenvalue weighted by Crippen LogP contribution is 2.31. The first-order chi connectivity index (χ1) is 8.35. The minimum absolute atomic E-state index is 0.157. The summed E-state index contributed by atoms with van der Waals surface area (Å²) in [5, 5.41) is 8.83. The zero-order chi connectivity index (χ0) is 12.1. The molecule has 17 heavy (non-hydrogen) atoms. The first kappa shape index (κ1) is 11.7. The summed E-state index contributed by atoms with van der Waals surface area (Å²) >= 11 is 0. The van der Waals surface area contributed by atoms with Crippen molar-refractivity contribution in [2.75, 3.05) is 13.7 Å². The maximum absolute atomic E-state index is 8.83. The number of hydrogen-bond donors (Lipinski definition) is 1. The van der Waals surface area contributed by atoms with Gasteiger partial charge in [-0.15, -0.1) is 0 Å². The molecule has 0 aliphatic rings. The Kier molecular flexibility index (Phi) is 3.83. The Balaban J connectivity index is 2.28. The number of rotatable bonds is 5. The normalized spacial score (nSPS) is 10.5. The molecule has 2 aromatic rings. The molecule has 0 bridgehead atoms. The molecule has 0 saturated heterocycles. The van der Waals surface area contributed by atoms with Crippen LogP contribution >= 0.6 is 0 Å². The molecule has 0 amide bonds. The molecule has 1 heterocycles. The lowest BCUT2D eigenvalue weighted by molar-refractivity contribution is 0.282. The van der Waals surface area contributed by atoms with E-state index < -0.39 is 0 Å². The summed E-state index contributed by atoms with van der Waals surface area (Å²) in [5.74, 6) is 2.34. The fourth-order valence-electron chi connectivity index (χ4n) is 1.74. The lowest BCUT2D eigenvalue weighted by atomic mass is 10.2. The third-order valence-electron chi connectivity index (χ3n) is 2.61. The Morgan fingerprint density at radius 2 is 2.00 bits per heavy atom. The molecule has 0 aliphatic carbocycles. The van der Waals surface area contributed by atoms with Crippen molar-refractivity contribution >= 4 is 0 Å². The molecule has 3 heteroatoms. The van der Waals surface area contributed by atoms with Gasteiger partial charge in [0.25, 0.3) is 0 Å². The highest BCUT2D eigenvalue weighted by Gasteiger charge is 2.12. The van der Waals surface area contributed by atoms with Crippen molar-refractivity contribution in [3.63, 3.8) is 0 Å². The van der Waals surface area contributed by atoms with E-state index >= 15 is 0 Å². The van der Waals surface area contributed by atoms with Gasteiger partial charge in [-0.05, 0) is 6.42 Å². The Morgan fingerprint density at radius 1 is 1.24 bits per heavy atom. The van der Waals surface area contributed by atoms with E-state index in [-0.39, 0.29) is 6.61 Å². The average Bonchev–Trinajstić information content (AvgIpc) is 2.80. The molecule has 0 fully saturated rings.